The van der Waals surface area contributed by atoms with Crippen LogP contribution in [0.2, 0.25) is 0 Å². The summed E-state index contributed by atoms with van der Waals surface area (Å²) in [6.45, 7) is 0.562. The van der Waals surface area contributed by atoms with Gasteiger partial charge in [-0.05, 0) is 37.0 Å². The topological polar surface area (TPSA) is 32.3 Å². The summed E-state index contributed by atoms with van der Waals surface area (Å²) < 4.78 is 37.1. The highest BCUT2D eigenvalue weighted by molar-refractivity contribution is 5.24. The molecule has 2 nitrogen and oxygen atoms in total. The Labute approximate surface area is 104 Å². The van der Waals surface area contributed by atoms with Crippen LogP contribution in [-0.4, -0.2) is 17.3 Å². The van der Waals surface area contributed by atoms with Crippen molar-refractivity contribution < 1.29 is 18.3 Å². The average Bonchev–Trinajstić information content (AvgIpc) is 2.28. The second kappa shape index (κ2) is 4.90. The minimum absolute atomic E-state index is 0.0770. The van der Waals surface area contributed by atoms with Crippen molar-refractivity contribution in [3.8, 4) is 0 Å². The zero-order valence-corrected chi connectivity index (χ0v) is 9.93. The van der Waals surface area contributed by atoms with Gasteiger partial charge in [0, 0.05) is 12.1 Å². The van der Waals surface area contributed by atoms with E-state index in [1.54, 1.807) is 0 Å². The van der Waals surface area contributed by atoms with Crippen LogP contribution in [0.3, 0.4) is 0 Å². The first-order chi connectivity index (χ1) is 8.45. The third-order valence-electron chi connectivity index (χ3n) is 3.56. The fourth-order valence-corrected chi connectivity index (χ4v) is 2.10. The average molecular weight is 259 g/mol. The van der Waals surface area contributed by atoms with Gasteiger partial charge in [0.25, 0.3) is 0 Å². The van der Waals surface area contributed by atoms with Crippen molar-refractivity contribution in [2.45, 2.75) is 37.5 Å². The van der Waals surface area contributed by atoms with E-state index in [-0.39, 0.29) is 12.1 Å². The molecule has 0 amide bonds. The van der Waals surface area contributed by atoms with Gasteiger partial charge in [-0.3, -0.25) is 0 Å². The van der Waals surface area contributed by atoms with Crippen LogP contribution >= 0.6 is 0 Å². The quantitative estimate of drug-likeness (QED) is 0.871. The molecule has 2 N–H and O–H groups in total. The summed E-state index contributed by atoms with van der Waals surface area (Å²) in [4.78, 5) is 0. The molecule has 0 atom stereocenters. The normalized spacial score (nSPS) is 18.4. The van der Waals surface area contributed by atoms with Crippen LogP contribution in [0.5, 0.6) is 0 Å². The lowest BCUT2D eigenvalue weighted by atomic mass is 9.77. The van der Waals surface area contributed by atoms with Gasteiger partial charge in [-0.15, -0.1) is 0 Å². The number of aliphatic hydroxyl groups excluding tert-OH is 1. The van der Waals surface area contributed by atoms with Gasteiger partial charge in [-0.2, -0.15) is 13.2 Å². The van der Waals surface area contributed by atoms with Crippen LogP contribution < -0.4 is 5.32 Å². The second-order valence-electron chi connectivity index (χ2n) is 4.84. The van der Waals surface area contributed by atoms with E-state index in [1.165, 1.54) is 12.1 Å². The maximum atomic E-state index is 12.4. The van der Waals surface area contributed by atoms with Gasteiger partial charge in [-0.1, -0.05) is 12.1 Å². The van der Waals surface area contributed by atoms with Crippen LogP contribution in [0, 0.1) is 0 Å². The molecule has 0 spiro atoms. The van der Waals surface area contributed by atoms with E-state index < -0.39 is 11.7 Å². The summed E-state index contributed by atoms with van der Waals surface area (Å²) in [7, 11) is 0. The number of hydrogen-bond donors (Lipinski definition) is 2. The van der Waals surface area contributed by atoms with Crippen LogP contribution in [-0.2, 0) is 12.7 Å². The summed E-state index contributed by atoms with van der Waals surface area (Å²) >= 11 is 0. The van der Waals surface area contributed by atoms with E-state index in [1.807, 2.05) is 0 Å². The standard InChI is InChI=1S/C13H16F3NO/c14-13(15,16)11-4-2-10(3-5-11)8-17-12(9-18)6-1-7-12/h2-5,17-18H,1,6-9H2. The van der Waals surface area contributed by atoms with Crippen molar-refractivity contribution >= 4 is 0 Å². The van der Waals surface area contributed by atoms with Gasteiger partial charge in [-0.25, -0.2) is 0 Å². The van der Waals surface area contributed by atoms with Crippen LogP contribution in [0.15, 0.2) is 24.3 Å². The first kappa shape index (κ1) is 13.4. The molecule has 1 aliphatic carbocycles. The van der Waals surface area contributed by atoms with Crippen molar-refractivity contribution in [3.05, 3.63) is 35.4 Å². The lowest BCUT2D eigenvalue weighted by Crippen LogP contribution is -2.53. The Hall–Kier alpha value is -1.07. The van der Waals surface area contributed by atoms with E-state index in [0.29, 0.717) is 6.54 Å². The zero-order valence-electron chi connectivity index (χ0n) is 9.93. The Morgan fingerprint density at radius 3 is 2.17 bits per heavy atom. The Kier molecular flexibility index (Phi) is 3.64. The highest BCUT2D eigenvalue weighted by atomic mass is 19.4. The maximum absolute atomic E-state index is 12.4. The van der Waals surface area contributed by atoms with E-state index in [9.17, 15) is 18.3 Å². The number of hydrogen-bond acceptors (Lipinski definition) is 2. The van der Waals surface area contributed by atoms with Gasteiger partial charge < -0.3 is 10.4 Å². The van der Waals surface area contributed by atoms with Crippen molar-refractivity contribution in [2.24, 2.45) is 0 Å². The van der Waals surface area contributed by atoms with Gasteiger partial charge in [0.15, 0.2) is 0 Å². The molecule has 1 aromatic carbocycles. The smallest absolute Gasteiger partial charge is 0.394 e. The number of halogens is 3. The molecule has 0 bridgehead atoms. The SMILES string of the molecule is OCC1(NCc2ccc(C(F)(F)F)cc2)CCC1. The number of alkyl halides is 3. The van der Waals surface area contributed by atoms with E-state index in [0.717, 1.165) is 37.0 Å². The molecule has 0 aromatic heterocycles. The molecule has 0 saturated heterocycles. The fraction of sp³-hybridized carbons (Fsp3) is 0.538. The van der Waals surface area contributed by atoms with Crippen molar-refractivity contribution in [1.82, 2.24) is 5.32 Å². The van der Waals surface area contributed by atoms with E-state index in [2.05, 4.69) is 5.32 Å². The summed E-state index contributed by atoms with van der Waals surface area (Å²) in [5, 5.41) is 12.5. The molecular weight excluding hydrogens is 243 g/mol. The first-order valence-corrected chi connectivity index (χ1v) is 5.97. The van der Waals surface area contributed by atoms with Crippen molar-refractivity contribution in [2.75, 3.05) is 6.61 Å². The second-order valence-corrected chi connectivity index (χ2v) is 4.84. The molecule has 5 heteroatoms. The number of nitrogens with one attached hydrogen (secondary N) is 1. The highest BCUT2D eigenvalue weighted by Gasteiger charge is 2.35. The minimum atomic E-state index is -4.29. The molecule has 0 heterocycles. The van der Waals surface area contributed by atoms with Gasteiger partial charge >= 0.3 is 6.18 Å². The van der Waals surface area contributed by atoms with Crippen LogP contribution in [0.25, 0.3) is 0 Å². The number of aliphatic hydroxyl groups is 1. The molecular formula is C13H16F3NO. The number of rotatable bonds is 4. The predicted octanol–water partition coefficient (Wildman–Crippen LogP) is 2.71. The molecule has 1 aromatic rings. The summed E-state index contributed by atoms with van der Waals surface area (Å²) in [5.41, 5.74) is -0.0580. The van der Waals surface area contributed by atoms with Crippen LogP contribution in [0.1, 0.15) is 30.4 Å². The largest absolute Gasteiger partial charge is 0.416 e. The molecule has 1 aliphatic rings. The van der Waals surface area contributed by atoms with Gasteiger partial charge in [0.05, 0.1) is 12.2 Å². The van der Waals surface area contributed by atoms with Gasteiger partial charge in [0.1, 0.15) is 0 Å². The third-order valence-corrected chi connectivity index (χ3v) is 3.56. The zero-order chi connectivity index (χ0) is 13.2. The summed E-state index contributed by atoms with van der Waals surface area (Å²) in [5.74, 6) is 0. The Balaban J connectivity index is 1.94. The van der Waals surface area contributed by atoms with E-state index >= 15 is 0 Å². The molecule has 0 unspecified atom stereocenters. The Bertz CT molecular complexity index is 390. The summed E-state index contributed by atoms with van der Waals surface area (Å²) in [6.07, 6.45) is -1.36. The molecule has 1 fully saturated rings. The lowest BCUT2D eigenvalue weighted by molar-refractivity contribution is -0.137. The Morgan fingerprint density at radius 1 is 1.17 bits per heavy atom. The molecule has 18 heavy (non-hydrogen) atoms. The minimum Gasteiger partial charge on any atom is -0.394 e. The van der Waals surface area contributed by atoms with Gasteiger partial charge in [0.2, 0.25) is 0 Å². The van der Waals surface area contributed by atoms with E-state index in [4.69, 9.17) is 0 Å². The summed E-state index contributed by atoms with van der Waals surface area (Å²) in [6, 6.07) is 5.12. The molecule has 1 saturated carbocycles. The molecule has 100 valence electrons. The fourth-order valence-electron chi connectivity index (χ4n) is 2.10. The lowest BCUT2D eigenvalue weighted by Gasteiger charge is -2.41. The predicted molar refractivity (Wildman–Crippen MR) is 62.0 cm³/mol. The molecule has 2 rings (SSSR count). The maximum Gasteiger partial charge on any atom is 0.416 e. The molecule has 0 aliphatic heterocycles. The van der Waals surface area contributed by atoms with Crippen LogP contribution in [0.4, 0.5) is 13.2 Å². The third kappa shape index (κ3) is 2.84. The number of benzene rings is 1. The Morgan fingerprint density at radius 2 is 1.78 bits per heavy atom. The molecule has 0 radical (unpaired) electrons. The van der Waals surface area contributed by atoms with Crippen molar-refractivity contribution in [3.63, 3.8) is 0 Å². The van der Waals surface area contributed by atoms with Crippen molar-refractivity contribution in [1.29, 1.82) is 0 Å². The monoisotopic (exact) mass is 259 g/mol. The first-order valence-electron chi connectivity index (χ1n) is 5.97. The highest BCUT2D eigenvalue weighted by Crippen LogP contribution is 2.32.